The van der Waals surface area contributed by atoms with E-state index in [1.165, 1.54) is 0 Å². The van der Waals surface area contributed by atoms with E-state index < -0.39 is 12.2 Å². The molecule has 1 spiro atoms. The number of hydrogen-bond donors (Lipinski definition) is 2. The van der Waals surface area contributed by atoms with Gasteiger partial charge in [0.05, 0.1) is 12.2 Å². The van der Waals surface area contributed by atoms with E-state index in [0.29, 0.717) is 5.92 Å². The van der Waals surface area contributed by atoms with Crippen molar-refractivity contribution in [2.45, 2.75) is 63.6 Å². The van der Waals surface area contributed by atoms with Gasteiger partial charge in [-0.2, -0.15) is 0 Å². The first-order valence-corrected chi connectivity index (χ1v) is 9.12. The highest BCUT2D eigenvalue weighted by atomic mass is 16.5. The van der Waals surface area contributed by atoms with E-state index in [1.807, 2.05) is 37.3 Å². The summed E-state index contributed by atoms with van der Waals surface area (Å²) in [6.07, 6.45) is 5.32. The third-order valence-corrected chi connectivity index (χ3v) is 6.02. The Labute approximate surface area is 139 Å². The third kappa shape index (κ3) is 3.78. The zero-order chi connectivity index (χ0) is 16.3. The number of ether oxygens (including phenoxy) is 1. The normalized spacial score (nSPS) is 37.9. The average molecular weight is 318 g/mol. The van der Waals surface area contributed by atoms with Gasteiger partial charge in [0.25, 0.3) is 0 Å². The van der Waals surface area contributed by atoms with Gasteiger partial charge in [0.15, 0.2) is 0 Å². The second-order valence-corrected chi connectivity index (χ2v) is 7.58. The maximum atomic E-state index is 10.7. The lowest BCUT2D eigenvalue weighted by molar-refractivity contribution is -0.0710. The molecule has 2 aliphatic carbocycles. The molecule has 3 nitrogen and oxygen atoms in total. The molecule has 0 aromatic heterocycles. The molecule has 1 aromatic rings. The summed E-state index contributed by atoms with van der Waals surface area (Å²) in [5.41, 5.74) is 1.19. The molecule has 2 N–H and O–H groups in total. The minimum atomic E-state index is -0.440. The molecule has 2 atom stereocenters. The first-order valence-electron chi connectivity index (χ1n) is 9.12. The maximum Gasteiger partial charge on any atom is 0.0638 e. The Kier molecular flexibility index (Phi) is 5.40. The lowest BCUT2D eigenvalue weighted by Crippen LogP contribution is -2.46. The maximum absolute atomic E-state index is 10.7. The van der Waals surface area contributed by atoms with Crippen molar-refractivity contribution in [3.8, 4) is 0 Å². The van der Waals surface area contributed by atoms with E-state index >= 15 is 0 Å². The molecule has 128 valence electrons. The lowest BCUT2D eigenvalue weighted by Gasteiger charge is -2.49. The highest BCUT2D eigenvalue weighted by Gasteiger charge is 2.46. The molecule has 2 aliphatic rings. The standard InChI is InChI=1S/C20H30O3/c1-2-23-14-15-8-10-20(11-9-15)12-17(21)19(18(22)13-20)16-6-4-3-5-7-16/h3-7,15,17-19,21-22H,2,8-14H2,1H3. The van der Waals surface area contributed by atoms with Crippen LogP contribution in [-0.2, 0) is 4.74 Å². The summed E-state index contributed by atoms with van der Waals surface area (Å²) in [5.74, 6) is 0.518. The molecule has 0 bridgehead atoms. The summed E-state index contributed by atoms with van der Waals surface area (Å²) in [6.45, 7) is 3.70. The van der Waals surface area contributed by atoms with Crippen molar-refractivity contribution in [2.75, 3.05) is 13.2 Å². The van der Waals surface area contributed by atoms with Gasteiger partial charge in [0.1, 0.15) is 0 Å². The van der Waals surface area contributed by atoms with Crippen molar-refractivity contribution in [2.24, 2.45) is 11.3 Å². The zero-order valence-corrected chi connectivity index (χ0v) is 14.2. The van der Waals surface area contributed by atoms with Crippen LogP contribution in [0.5, 0.6) is 0 Å². The molecule has 0 radical (unpaired) electrons. The smallest absolute Gasteiger partial charge is 0.0638 e. The highest BCUT2D eigenvalue weighted by Crippen LogP contribution is 2.52. The molecule has 0 saturated heterocycles. The highest BCUT2D eigenvalue weighted by molar-refractivity contribution is 5.23. The summed E-state index contributed by atoms with van der Waals surface area (Å²) in [6, 6.07) is 9.99. The van der Waals surface area contributed by atoms with Gasteiger partial charge in [-0.25, -0.2) is 0 Å². The van der Waals surface area contributed by atoms with Gasteiger partial charge < -0.3 is 14.9 Å². The SMILES string of the molecule is CCOCC1CCC2(CC1)CC(O)C(c1ccccc1)C(O)C2. The van der Waals surface area contributed by atoms with Gasteiger partial charge in [0.2, 0.25) is 0 Å². The molecule has 2 fully saturated rings. The fourth-order valence-electron chi connectivity index (χ4n) is 4.75. The minimum absolute atomic E-state index is 0.132. The Morgan fingerprint density at radius 1 is 1.04 bits per heavy atom. The van der Waals surface area contributed by atoms with Crippen molar-refractivity contribution in [3.05, 3.63) is 35.9 Å². The Hall–Kier alpha value is -0.900. The van der Waals surface area contributed by atoms with Gasteiger partial charge >= 0.3 is 0 Å². The van der Waals surface area contributed by atoms with Gasteiger partial charge in [0, 0.05) is 19.1 Å². The van der Waals surface area contributed by atoms with Crippen LogP contribution in [0, 0.1) is 11.3 Å². The number of aliphatic hydroxyl groups excluding tert-OH is 2. The number of rotatable bonds is 4. The second kappa shape index (κ2) is 7.33. The van der Waals surface area contributed by atoms with Crippen LogP contribution in [-0.4, -0.2) is 35.6 Å². The van der Waals surface area contributed by atoms with Crippen LogP contribution >= 0.6 is 0 Å². The molecule has 23 heavy (non-hydrogen) atoms. The molecule has 3 rings (SSSR count). The molecule has 0 heterocycles. The molecule has 0 aliphatic heterocycles. The lowest BCUT2D eigenvalue weighted by atomic mass is 9.59. The molecule has 2 unspecified atom stereocenters. The molecule has 1 aromatic carbocycles. The zero-order valence-electron chi connectivity index (χ0n) is 14.2. The van der Waals surface area contributed by atoms with Gasteiger partial charge in [-0.15, -0.1) is 0 Å². The van der Waals surface area contributed by atoms with E-state index in [4.69, 9.17) is 4.74 Å². The van der Waals surface area contributed by atoms with Crippen LogP contribution in [0.2, 0.25) is 0 Å². The molecular weight excluding hydrogens is 288 g/mol. The molecule has 2 saturated carbocycles. The fourth-order valence-corrected chi connectivity index (χ4v) is 4.75. The van der Waals surface area contributed by atoms with Gasteiger partial charge in [-0.3, -0.25) is 0 Å². The largest absolute Gasteiger partial charge is 0.392 e. The van der Waals surface area contributed by atoms with Crippen molar-refractivity contribution in [1.29, 1.82) is 0 Å². The van der Waals surface area contributed by atoms with Gasteiger partial charge in [-0.1, -0.05) is 30.3 Å². The topological polar surface area (TPSA) is 49.7 Å². The Bertz CT molecular complexity index is 465. The molecular formula is C20H30O3. The molecule has 3 heteroatoms. The van der Waals surface area contributed by atoms with Crippen LogP contribution in [0.1, 0.15) is 56.9 Å². The Morgan fingerprint density at radius 3 is 2.22 bits per heavy atom. The fraction of sp³-hybridized carbons (Fsp3) is 0.700. The summed E-state index contributed by atoms with van der Waals surface area (Å²) in [5, 5.41) is 21.5. The number of benzene rings is 1. The van der Waals surface area contributed by atoms with E-state index in [1.54, 1.807) is 0 Å². The van der Waals surface area contributed by atoms with Crippen molar-refractivity contribution < 1.29 is 14.9 Å². The Morgan fingerprint density at radius 2 is 1.65 bits per heavy atom. The number of hydrogen-bond acceptors (Lipinski definition) is 3. The third-order valence-electron chi connectivity index (χ3n) is 6.02. The van der Waals surface area contributed by atoms with Crippen molar-refractivity contribution in [3.63, 3.8) is 0 Å². The van der Waals surface area contributed by atoms with Crippen molar-refractivity contribution >= 4 is 0 Å². The van der Waals surface area contributed by atoms with Crippen LogP contribution in [0.3, 0.4) is 0 Å². The second-order valence-electron chi connectivity index (χ2n) is 7.58. The van der Waals surface area contributed by atoms with Crippen LogP contribution < -0.4 is 0 Å². The summed E-state index contributed by atoms with van der Waals surface area (Å²) in [7, 11) is 0. The van der Waals surface area contributed by atoms with Crippen LogP contribution in [0.4, 0.5) is 0 Å². The van der Waals surface area contributed by atoms with Crippen LogP contribution in [0.25, 0.3) is 0 Å². The quantitative estimate of drug-likeness (QED) is 0.893. The van der Waals surface area contributed by atoms with Crippen molar-refractivity contribution in [1.82, 2.24) is 0 Å². The summed E-state index contributed by atoms with van der Waals surface area (Å²) >= 11 is 0. The first kappa shape index (κ1) is 16.9. The Balaban J connectivity index is 1.63. The van der Waals surface area contributed by atoms with E-state index in [9.17, 15) is 10.2 Å². The van der Waals surface area contributed by atoms with Crippen LogP contribution in [0.15, 0.2) is 30.3 Å². The predicted molar refractivity (Wildman–Crippen MR) is 91.3 cm³/mol. The van der Waals surface area contributed by atoms with E-state index in [-0.39, 0.29) is 11.3 Å². The monoisotopic (exact) mass is 318 g/mol. The van der Waals surface area contributed by atoms with E-state index in [0.717, 1.165) is 57.3 Å². The predicted octanol–water partition coefficient (Wildman–Crippen LogP) is 3.50. The van der Waals surface area contributed by atoms with Gasteiger partial charge in [-0.05, 0) is 62.3 Å². The summed E-state index contributed by atoms with van der Waals surface area (Å²) in [4.78, 5) is 0. The first-order chi connectivity index (χ1) is 11.1. The number of aliphatic hydroxyl groups is 2. The summed E-state index contributed by atoms with van der Waals surface area (Å²) < 4.78 is 5.57. The van der Waals surface area contributed by atoms with E-state index in [2.05, 4.69) is 0 Å². The average Bonchev–Trinajstić information content (AvgIpc) is 2.55. The molecule has 0 amide bonds. The minimum Gasteiger partial charge on any atom is -0.392 e.